The highest BCUT2D eigenvalue weighted by Crippen LogP contribution is 2.22. The van der Waals surface area contributed by atoms with Crippen LogP contribution < -0.4 is 10.2 Å². The van der Waals surface area contributed by atoms with Crippen molar-refractivity contribution in [2.45, 2.75) is 25.3 Å². The van der Waals surface area contributed by atoms with Gasteiger partial charge in [-0.15, -0.1) is 0 Å². The van der Waals surface area contributed by atoms with Crippen LogP contribution in [0.25, 0.3) is 0 Å². The second kappa shape index (κ2) is 5.21. The van der Waals surface area contributed by atoms with E-state index in [-0.39, 0.29) is 0 Å². The van der Waals surface area contributed by atoms with Crippen LogP contribution in [0.1, 0.15) is 19.3 Å². The number of phenols is 1. The first-order chi connectivity index (χ1) is 7.77. The zero-order valence-electron chi connectivity index (χ0n) is 9.82. The predicted molar refractivity (Wildman–Crippen MR) is 67.0 cm³/mol. The van der Waals surface area contributed by atoms with E-state index in [1.165, 1.54) is 24.9 Å². The van der Waals surface area contributed by atoms with Crippen molar-refractivity contribution in [2.24, 2.45) is 0 Å². The molecule has 0 bridgehead atoms. The van der Waals surface area contributed by atoms with Crippen LogP contribution in [-0.2, 0) is 0 Å². The number of nitrogens with zero attached hydrogens (tertiary/aromatic N) is 1. The molecule has 0 amide bonds. The van der Waals surface area contributed by atoms with E-state index in [0.29, 0.717) is 11.8 Å². The van der Waals surface area contributed by atoms with Crippen LogP contribution in [-0.4, -0.2) is 31.3 Å². The smallest absolute Gasteiger partial charge is 0.115 e. The van der Waals surface area contributed by atoms with Gasteiger partial charge in [-0.3, -0.25) is 0 Å². The summed E-state index contributed by atoms with van der Waals surface area (Å²) in [6.07, 6.45) is 3.68. The molecule has 16 heavy (non-hydrogen) atoms. The lowest BCUT2D eigenvalue weighted by Gasteiger charge is -2.29. The van der Waals surface area contributed by atoms with Crippen LogP contribution in [0.5, 0.6) is 5.75 Å². The number of anilines is 1. The number of nitrogens with one attached hydrogen (secondary N) is 1. The first kappa shape index (κ1) is 11.3. The highest BCUT2D eigenvalue weighted by molar-refractivity contribution is 5.48. The van der Waals surface area contributed by atoms with Crippen LogP contribution in [0.15, 0.2) is 24.3 Å². The zero-order valence-corrected chi connectivity index (χ0v) is 9.82. The predicted octanol–water partition coefficient (Wildman–Crippen LogP) is 1.97. The van der Waals surface area contributed by atoms with Gasteiger partial charge >= 0.3 is 0 Å². The van der Waals surface area contributed by atoms with Crippen molar-refractivity contribution < 1.29 is 5.11 Å². The van der Waals surface area contributed by atoms with E-state index in [2.05, 4.69) is 17.3 Å². The first-order valence-corrected chi connectivity index (χ1v) is 6.00. The van der Waals surface area contributed by atoms with Crippen LogP contribution in [0.3, 0.4) is 0 Å². The number of benzene rings is 1. The largest absolute Gasteiger partial charge is 0.508 e. The van der Waals surface area contributed by atoms with Crippen molar-refractivity contribution in [3.05, 3.63) is 24.3 Å². The third kappa shape index (κ3) is 2.67. The maximum absolute atomic E-state index is 9.27. The van der Waals surface area contributed by atoms with Gasteiger partial charge in [-0.05, 0) is 56.6 Å². The fraction of sp³-hybridized carbons (Fsp3) is 0.538. The summed E-state index contributed by atoms with van der Waals surface area (Å²) >= 11 is 0. The van der Waals surface area contributed by atoms with Gasteiger partial charge in [0.15, 0.2) is 0 Å². The molecule has 1 atom stereocenters. The lowest BCUT2D eigenvalue weighted by atomic mass is 10.1. The van der Waals surface area contributed by atoms with E-state index >= 15 is 0 Å². The molecule has 1 fully saturated rings. The number of hydrogen-bond donors (Lipinski definition) is 2. The Kier molecular flexibility index (Phi) is 3.67. The van der Waals surface area contributed by atoms with Gasteiger partial charge in [-0.1, -0.05) is 0 Å². The van der Waals surface area contributed by atoms with Gasteiger partial charge < -0.3 is 15.3 Å². The summed E-state index contributed by atoms with van der Waals surface area (Å²) in [6, 6.07) is 8.07. The molecule has 1 heterocycles. The molecule has 1 aliphatic heterocycles. The van der Waals surface area contributed by atoms with Gasteiger partial charge in [0.1, 0.15) is 5.75 Å². The molecule has 88 valence electrons. The van der Waals surface area contributed by atoms with Crippen LogP contribution >= 0.6 is 0 Å². The van der Waals surface area contributed by atoms with E-state index in [4.69, 9.17) is 0 Å². The van der Waals surface area contributed by atoms with Gasteiger partial charge in [0.25, 0.3) is 0 Å². The minimum atomic E-state index is 0.333. The fourth-order valence-electron chi connectivity index (χ4n) is 2.29. The number of hydrogen-bond acceptors (Lipinski definition) is 3. The summed E-state index contributed by atoms with van der Waals surface area (Å²) in [4.78, 5) is 2.33. The molecule has 3 nitrogen and oxygen atoms in total. The molecule has 2 N–H and O–H groups in total. The second-order valence-corrected chi connectivity index (χ2v) is 4.46. The summed E-state index contributed by atoms with van der Waals surface area (Å²) in [6.45, 7) is 2.24. The van der Waals surface area contributed by atoms with Gasteiger partial charge in [-0.2, -0.15) is 0 Å². The number of rotatable bonds is 2. The molecule has 1 aromatic carbocycles. The van der Waals surface area contributed by atoms with Gasteiger partial charge in [0.05, 0.1) is 0 Å². The molecule has 1 aromatic rings. The standard InChI is InChI=1S/C13H20N2O/c1-15(11-3-2-9-14-10-8-11)12-4-6-13(16)7-5-12/h4-7,11,14,16H,2-3,8-10H2,1H3. The Bertz CT molecular complexity index is 315. The molecule has 0 spiro atoms. The zero-order chi connectivity index (χ0) is 11.4. The maximum Gasteiger partial charge on any atom is 0.115 e. The minimum absolute atomic E-state index is 0.333. The average Bonchev–Trinajstić information content (AvgIpc) is 2.57. The summed E-state index contributed by atoms with van der Waals surface area (Å²) in [5.41, 5.74) is 1.18. The van der Waals surface area contributed by atoms with Crippen molar-refractivity contribution in [3.63, 3.8) is 0 Å². The Hall–Kier alpha value is -1.22. The Morgan fingerprint density at radius 2 is 1.94 bits per heavy atom. The lowest BCUT2D eigenvalue weighted by molar-refractivity contribution is 0.475. The molecule has 2 rings (SSSR count). The van der Waals surface area contributed by atoms with Crippen LogP contribution in [0, 0.1) is 0 Å². The van der Waals surface area contributed by atoms with Crippen molar-refractivity contribution >= 4 is 5.69 Å². The Labute approximate surface area is 97.1 Å². The van der Waals surface area contributed by atoms with Crippen molar-refractivity contribution in [1.82, 2.24) is 5.32 Å². The van der Waals surface area contributed by atoms with Crippen molar-refractivity contribution in [2.75, 3.05) is 25.0 Å². The highest BCUT2D eigenvalue weighted by Gasteiger charge is 2.16. The maximum atomic E-state index is 9.27. The Balaban J connectivity index is 2.04. The van der Waals surface area contributed by atoms with Gasteiger partial charge in [-0.25, -0.2) is 0 Å². The van der Waals surface area contributed by atoms with Gasteiger partial charge in [0, 0.05) is 18.8 Å². The normalized spacial score (nSPS) is 21.4. The molecule has 0 saturated carbocycles. The minimum Gasteiger partial charge on any atom is -0.508 e. The molecule has 1 unspecified atom stereocenters. The van der Waals surface area contributed by atoms with E-state index in [9.17, 15) is 5.11 Å². The number of aromatic hydroxyl groups is 1. The second-order valence-electron chi connectivity index (χ2n) is 4.46. The monoisotopic (exact) mass is 220 g/mol. The molecular weight excluding hydrogens is 200 g/mol. The summed E-state index contributed by atoms with van der Waals surface area (Å²) in [5.74, 6) is 0.333. The first-order valence-electron chi connectivity index (χ1n) is 6.00. The molecule has 3 heteroatoms. The van der Waals surface area contributed by atoms with E-state index in [1.54, 1.807) is 12.1 Å². The van der Waals surface area contributed by atoms with Crippen molar-refractivity contribution in [1.29, 1.82) is 0 Å². The fourth-order valence-corrected chi connectivity index (χ4v) is 2.29. The third-order valence-electron chi connectivity index (χ3n) is 3.35. The van der Waals surface area contributed by atoms with Crippen molar-refractivity contribution in [3.8, 4) is 5.75 Å². The Morgan fingerprint density at radius 1 is 1.19 bits per heavy atom. The summed E-state index contributed by atoms with van der Waals surface area (Å²) in [5, 5.41) is 12.7. The van der Waals surface area contributed by atoms with Gasteiger partial charge in [0.2, 0.25) is 0 Å². The molecule has 0 aromatic heterocycles. The molecule has 1 saturated heterocycles. The van der Waals surface area contributed by atoms with Crippen LogP contribution in [0.2, 0.25) is 0 Å². The molecule has 0 aliphatic carbocycles. The van der Waals surface area contributed by atoms with E-state index in [1.807, 2.05) is 12.1 Å². The summed E-state index contributed by atoms with van der Waals surface area (Å²) in [7, 11) is 2.14. The molecular formula is C13H20N2O. The Morgan fingerprint density at radius 3 is 2.69 bits per heavy atom. The SMILES string of the molecule is CN(c1ccc(O)cc1)C1CCCNCC1. The molecule has 0 radical (unpaired) electrons. The molecule has 1 aliphatic rings. The lowest BCUT2D eigenvalue weighted by Crippen LogP contribution is -2.32. The quantitative estimate of drug-likeness (QED) is 0.800. The highest BCUT2D eigenvalue weighted by atomic mass is 16.3. The van der Waals surface area contributed by atoms with E-state index in [0.717, 1.165) is 13.1 Å². The summed E-state index contributed by atoms with van der Waals surface area (Å²) < 4.78 is 0. The third-order valence-corrected chi connectivity index (χ3v) is 3.35. The average molecular weight is 220 g/mol. The topological polar surface area (TPSA) is 35.5 Å². The number of phenolic OH excluding ortho intramolecular Hbond substituents is 1. The van der Waals surface area contributed by atoms with E-state index < -0.39 is 0 Å². The van der Waals surface area contributed by atoms with Crippen LogP contribution in [0.4, 0.5) is 5.69 Å².